The van der Waals surface area contributed by atoms with Gasteiger partial charge in [0, 0.05) is 41.9 Å². The van der Waals surface area contributed by atoms with Crippen LogP contribution in [0.1, 0.15) is 28.1 Å². The highest BCUT2D eigenvalue weighted by atomic mass is 15.0. The zero-order valence-corrected chi connectivity index (χ0v) is 19.5. The number of aliphatic imine (C=N–C) groups is 1. The van der Waals surface area contributed by atoms with Gasteiger partial charge in [-0.15, -0.1) is 0 Å². The number of hydrogen-bond acceptors (Lipinski definition) is 8. The monoisotopic (exact) mass is 468 g/mol. The zero-order valence-electron chi connectivity index (χ0n) is 19.5. The molecule has 0 spiro atoms. The van der Waals surface area contributed by atoms with Gasteiger partial charge in [-0.1, -0.05) is 6.07 Å². The SMILES string of the molecule is Cc1ccc2c(Nc3ccc(C#N)cc3)ncnc2c1Cc1ncccc1-c1ncnc2c1N=CC2. The van der Waals surface area contributed by atoms with E-state index < -0.39 is 0 Å². The summed E-state index contributed by atoms with van der Waals surface area (Å²) < 4.78 is 0. The molecule has 6 rings (SSSR count). The number of nitrogens with one attached hydrogen (secondary N) is 1. The van der Waals surface area contributed by atoms with Crippen LogP contribution in [0.2, 0.25) is 0 Å². The lowest BCUT2D eigenvalue weighted by Gasteiger charge is -2.15. The summed E-state index contributed by atoms with van der Waals surface area (Å²) >= 11 is 0. The van der Waals surface area contributed by atoms with Gasteiger partial charge < -0.3 is 5.32 Å². The lowest BCUT2D eigenvalue weighted by atomic mass is 9.96. The van der Waals surface area contributed by atoms with E-state index in [0.717, 1.165) is 62.5 Å². The van der Waals surface area contributed by atoms with E-state index in [9.17, 15) is 0 Å². The first-order valence-corrected chi connectivity index (χ1v) is 11.5. The van der Waals surface area contributed by atoms with E-state index in [1.54, 1.807) is 31.0 Å². The van der Waals surface area contributed by atoms with Crippen LogP contribution in [0.25, 0.3) is 22.2 Å². The number of benzene rings is 2. The van der Waals surface area contributed by atoms with Crippen molar-refractivity contribution in [3.8, 4) is 17.3 Å². The molecule has 0 unspecified atom stereocenters. The fraction of sp³-hybridized carbons (Fsp3) is 0.107. The molecule has 1 aliphatic heterocycles. The molecule has 3 aromatic heterocycles. The fourth-order valence-corrected chi connectivity index (χ4v) is 4.46. The molecule has 1 N–H and O–H groups in total. The third-order valence-corrected chi connectivity index (χ3v) is 6.32. The minimum absolute atomic E-state index is 0.579. The van der Waals surface area contributed by atoms with Crippen LogP contribution in [0.4, 0.5) is 17.2 Å². The summed E-state index contributed by atoms with van der Waals surface area (Å²) in [6, 6.07) is 17.5. The molecular formula is C28H20N8. The maximum atomic E-state index is 9.07. The van der Waals surface area contributed by atoms with E-state index in [1.807, 2.05) is 36.5 Å². The summed E-state index contributed by atoms with van der Waals surface area (Å²) in [6.45, 7) is 2.08. The van der Waals surface area contributed by atoms with Gasteiger partial charge in [0.25, 0.3) is 0 Å². The Morgan fingerprint density at radius 2 is 1.81 bits per heavy atom. The highest BCUT2D eigenvalue weighted by Crippen LogP contribution is 2.36. The lowest BCUT2D eigenvalue weighted by Crippen LogP contribution is -2.03. The standard InChI is InChI=1S/C28H20N8/c1-17-4-9-21-25(33-16-35-28(21)36-19-7-5-18(14-29)6-8-19)22(17)13-24-20(3-2-11-30-24)26-27-23(10-12-31-27)32-15-34-26/h2-9,11-12,15-16H,10,13H2,1H3,(H,33,35,36). The van der Waals surface area contributed by atoms with E-state index in [-0.39, 0.29) is 0 Å². The van der Waals surface area contributed by atoms with Gasteiger partial charge in [-0.3, -0.25) is 9.98 Å². The summed E-state index contributed by atoms with van der Waals surface area (Å²) in [5.41, 5.74) is 8.91. The summed E-state index contributed by atoms with van der Waals surface area (Å²) in [5, 5.41) is 13.3. The molecule has 0 aliphatic carbocycles. The van der Waals surface area contributed by atoms with Crippen molar-refractivity contribution in [3.63, 3.8) is 0 Å². The van der Waals surface area contributed by atoms with Gasteiger partial charge in [-0.05, 0) is 60.5 Å². The summed E-state index contributed by atoms with van der Waals surface area (Å²) in [4.78, 5) is 27.3. The Labute approximate surface area is 207 Å². The molecule has 0 fully saturated rings. The Morgan fingerprint density at radius 1 is 0.944 bits per heavy atom. The van der Waals surface area contributed by atoms with Crippen molar-refractivity contribution in [2.24, 2.45) is 4.99 Å². The normalized spacial score (nSPS) is 11.9. The van der Waals surface area contributed by atoms with Crippen LogP contribution in [0.3, 0.4) is 0 Å². The van der Waals surface area contributed by atoms with E-state index in [2.05, 4.69) is 49.3 Å². The van der Waals surface area contributed by atoms with Gasteiger partial charge in [0.2, 0.25) is 0 Å². The molecule has 0 saturated carbocycles. The smallest absolute Gasteiger partial charge is 0.141 e. The number of aromatic nitrogens is 5. The highest BCUT2D eigenvalue weighted by Gasteiger charge is 2.20. The number of hydrogen-bond donors (Lipinski definition) is 1. The molecule has 8 nitrogen and oxygen atoms in total. The zero-order chi connectivity index (χ0) is 24.5. The van der Waals surface area contributed by atoms with Gasteiger partial charge >= 0.3 is 0 Å². The number of aryl methyl sites for hydroxylation is 1. The number of nitriles is 1. The first-order chi connectivity index (χ1) is 17.7. The summed E-state index contributed by atoms with van der Waals surface area (Å²) in [5.74, 6) is 0.704. The van der Waals surface area contributed by atoms with Gasteiger partial charge in [-0.25, -0.2) is 19.9 Å². The number of rotatable bonds is 5. The molecule has 0 amide bonds. The van der Waals surface area contributed by atoms with Gasteiger partial charge in [0.1, 0.15) is 29.9 Å². The molecule has 2 aromatic carbocycles. The molecule has 1 aliphatic rings. The molecule has 4 heterocycles. The van der Waals surface area contributed by atoms with Gasteiger partial charge in [0.15, 0.2) is 0 Å². The second-order valence-electron chi connectivity index (χ2n) is 8.50. The Hall–Kier alpha value is -5.03. The van der Waals surface area contributed by atoms with Crippen molar-refractivity contribution in [2.75, 3.05) is 5.32 Å². The molecule has 0 atom stereocenters. The van der Waals surface area contributed by atoms with Crippen molar-refractivity contribution in [1.82, 2.24) is 24.9 Å². The molecule has 5 aromatic rings. The highest BCUT2D eigenvalue weighted by molar-refractivity contribution is 5.93. The van der Waals surface area contributed by atoms with Gasteiger partial charge in [0.05, 0.1) is 28.5 Å². The van der Waals surface area contributed by atoms with Crippen molar-refractivity contribution in [1.29, 1.82) is 5.26 Å². The van der Waals surface area contributed by atoms with Crippen LogP contribution in [-0.4, -0.2) is 31.1 Å². The Bertz CT molecular complexity index is 1680. The Kier molecular flexibility index (Phi) is 5.35. The number of fused-ring (bicyclic) bond motifs is 2. The van der Waals surface area contributed by atoms with E-state index in [0.29, 0.717) is 17.8 Å². The van der Waals surface area contributed by atoms with Crippen molar-refractivity contribution < 1.29 is 0 Å². The van der Waals surface area contributed by atoms with Crippen LogP contribution >= 0.6 is 0 Å². The number of nitrogens with zero attached hydrogens (tertiary/aromatic N) is 7. The Morgan fingerprint density at radius 3 is 2.67 bits per heavy atom. The van der Waals surface area contributed by atoms with E-state index in [4.69, 9.17) is 10.2 Å². The minimum Gasteiger partial charge on any atom is -0.340 e. The van der Waals surface area contributed by atoms with Crippen LogP contribution < -0.4 is 5.32 Å². The number of pyridine rings is 1. The molecular weight excluding hydrogens is 448 g/mol. The molecule has 172 valence electrons. The average molecular weight is 469 g/mol. The molecule has 36 heavy (non-hydrogen) atoms. The van der Waals surface area contributed by atoms with Crippen LogP contribution in [-0.2, 0) is 12.8 Å². The largest absolute Gasteiger partial charge is 0.340 e. The maximum Gasteiger partial charge on any atom is 0.141 e. The predicted octanol–water partition coefficient (Wildman–Crippen LogP) is 5.25. The molecule has 8 heteroatoms. The predicted molar refractivity (Wildman–Crippen MR) is 139 cm³/mol. The van der Waals surface area contributed by atoms with Gasteiger partial charge in [-0.2, -0.15) is 5.26 Å². The lowest BCUT2D eigenvalue weighted by molar-refractivity contribution is 1.05. The maximum absolute atomic E-state index is 9.07. The van der Waals surface area contributed by atoms with E-state index in [1.165, 1.54) is 0 Å². The molecule has 0 saturated heterocycles. The molecule has 0 radical (unpaired) electrons. The first-order valence-electron chi connectivity index (χ1n) is 11.5. The molecule has 0 bridgehead atoms. The average Bonchev–Trinajstić information content (AvgIpc) is 3.40. The van der Waals surface area contributed by atoms with Crippen molar-refractivity contribution >= 4 is 34.3 Å². The quantitative estimate of drug-likeness (QED) is 0.375. The summed E-state index contributed by atoms with van der Waals surface area (Å²) in [6.07, 6.45) is 8.13. The summed E-state index contributed by atoms with van der Waals surface area (Å²) in [7, 11) is 0. The number of anilines is 2. The fourth-order valence-electron chi connectivity index (χ4n) is 4.46. The van der Waals surface area contributed by atoms with Crippen molar-refractivity contribution in [3.05, 3.63) is 95.5 Å². The van der Waals surface area contributed by atoms with Crippen LogP contribution in [0, 0.1) is 18.3 Å². The van der Waals surface area contributed by atoms with Crippen LogP contribution in [0.5, 0.6) is 0 Å². The topological polar surface area (TPSA) is 113 Å². The first kappa shape index (κ1) is 21.5. The second-order valence-corrected chi connectivity index (χ2v) is 8.50. The van der Waals surface area contributed by atoms with E-state index >= 15 is 0 Å². The third kappa shape index (κ3) is 3.83. The minimum atomic E-state index is 0.579. The van der Waals surface area contributed by atoms with Crippen LogP contribution in [0.15, 0.2) is 72.4 Å². The second kappa shape index (κ2) is 8.96. The third-order valence-electron chi connectivity index (χ3n) is 6.32. The van der Waals surface area contributed by atoms with Crippen molar-refractivity contribution in [2.45, 2.75) is 19.8 Å². The Balaban J connectivity index is 1.42.